The molecule has 4 heterocycles. The predicted octanol–water partition coefficient (Wildman–Crippen LogP) is 3.63. The first-order valence-corrected chi connectivity index (χ1v) is 12.8. The fourth-order valence-electron chi connectivity index (χ4n) is 4.45. The van der Waals surface area contributed by atoms with Crippen LogP contribution >= 0.6 is 11.3 Å². The van der Waals surface area contributed by atoms with Crippen LogP contribution in [0.15, 0.2) is 69.7 Å². The standard InChI is InChI=1S/C26H27FN4O4S/c27-20-6-2-1-5-19(20)22-17-21(24-8-4-16-36-24)28-31(22)25(32)18-30(26(33)23-7-3-13-35-23)10-9-29-11-14-34-15-12-29/h1-8,13,16,22H,9-12,14-15,17-18H2/t22-/m0/s1. The van der Waals surface area contributed by atoms with Gasteiger partial charge in [-0.2, -0.15) is 5.10 Å². The van der Waals surface area contributed by atoms with Gasteiger partial charge in [0.15, 0.2) is 5.76 Å². The van der Waals surface area contributed by atoms with E-state index in [0.717, 1.165) is 23.7 Å². The first-order valence-electron chi connectivity index (χ1n) is 11.9. The highest BCUT2D eigenvalue weighted by Crippen LogP contribution is 2.35. The third-order valence-corrected chi connectivity index (χ3v) is 7.29. The molecule has 1 aromatic carbocycles. The van der Waals surface area contributed by atoms with E-state index in [0.29, 0.717) is 38.3 Å². The second-order valence-electron chi connectivity index (χ2n) is 8.66. The van der Waals surface area contributed by atoms with Gasteiger partial charge >= 0.3 is 0 Å². The van der Waals surface area contributed by atoms with Gasteiger partial charge in [-0.1, -0.05) is 24.3 Å². The Morgan fingerprint density at radius 3 is 2.67 bits per heavy atom. The number of carbonyl (C=O) groups excluding carboxylic acids is 2. The first-order chi connectivity index (χ1) is 17.6. The van der Waals surface area contributed by atoms with Crippen molar-refractivity contribution >= 4 is 28.9 Å². The topological polar surface area (TPSA) is 78.6 Å². The molecule has 8 nitrogen and oxygen atoms in total. The number of thiophene rings is 1. The van der Waals surface area contributed by atoms with Gasteiger partial charge in [0, 0.05) is 38.2 Å². The molecule has 1 atom stereocenters. The van der Waals surface area contributed by atoms with Crippen LogP contribution in [0.3, 0.4) is 0 Å². The van der Waals surface area contributed by atoms with E-state index < -0.39 is 11.9 Å². The molecule has 0 saturated carbocycles. The Morgan fingerprint density at radius 2 is 1.94 bits per heavy atom. The number of hydrogen-bond donors (Lipinski definition) is 0. The number of furan rings is 1. The summed E-state index contributed by atoms with van der Waals surface area (Å²) in [6, 6.07) is 12.9. The molecule has 0 bridgehead atoms. The number of halogens is 1. The lowest BCUT2D eigenvalue weighted by molar-refractivity contribution is -0.133. The van der Waals surface area contributed by atoms with Crippen molar-refractivity contribution in [2.24, 2.45) is 5.10 Å². The molecular weight excluding hydrogens is 483 g/mol. The highest BCUT2D eigenvalue weighted by molar-refractivity contribution is 7.12. The van der Waals surface area contributed by atoms with Crippen molar-refractivity contribution in [3.63, 3.8) is 0 Å². The minimum absolute atomic E-state index is 0.166. The smallest absolute Gasteiger partial charge is 0.290 e. The third kappa shape index (κ3) is 5.40. The normalized spacial score (nSPS) is 18.3. The van der Waals surface area contributed by atoms with E-state index >= 15 is 0 Å². The van der Waals surface area contributed by atoms with E-state index in [2.05, 4.69) is 10.0 Å². The van der Waals surface area contributed by atoms with Crippen LogP contribution in [-0.2, 0) is 9.53 Å². The quantitative estimate of drug-likeness (QED) is 0.463. The van der Waals surface area contributed by atoms with Gasteiger partial charge in [0.1, 0.15) is 12.4 Å². The lowest BCUT2D eigenvalue weighted by Crippen LogP contribution is -2.46. The molecule has 2 aliphatic rings. The van der Waals surface area contributed by atoms with Gasteiger partial charge in [-0.15, -0.1) is 11.3 Å². The van der Waals surface area contributed by atoms with Crippen molar-refractivity contribution in [2.45, 2.75) is 12.5 Å². The first kappa shape index (κ1) is 24.4. The summed E-state index contributed by atoms with van der Waals surface area (Å²) in [5, 5.41) is 7.89. The summed E-state index contributed by atoms with van der Waals surface area (Å²) < 4.78 is 25.5. The van der Waals surface area contributed by atoms with Crippen molar-refractivity contribution in [1.82, 2.24) is 14.8 Å². The molecule has 2 aliphatic heterocycles. The van der Waals surface area contributed by atoms with E-state index in [9.17, 15) is 14.0 Å². The summed E-state index contributed by atoms with van der Waals surface area (Å²) in [5.74, 6) is -0.971. The van der Waals surface area contributed by atoms with Crippen molar-refractivity contribution < 1.29 is 23.1 Å². The zero-order valence-electron chi connectivity index (χ0n) is 19.7. The molecule has 0 spiro atoms. The van der Waals surface area contributed by atoms with E-state index in [-0.39, 0.29) is 24.1 Å². The van der Waals surface area contributed by atoms with E-state index in [1.807, 2.05) is 17.5 Å². The molecule has 0 radical (unpaired) electrons. The van der Waals surface area contributed by atoms with E-state index in [1.54, 1.807) is 30.3 Å². The van der Waals surface area contributed by atoms with Crippen LogP contribution in [0.4, 0.5) is 4.39 Å². The Kier molecular flexibility index (Phi) is 7.55. The van der Waals surface area contributed by atoms with Crippen molar-refractivity contribution in [3.8, 4) is 0 Å². The van der Waals surface area contributed by atoms with Gasteiger partial charge < -0.3 is 14.1 Å². The van der Waals surface area contributed by atoms with E-state index in [1.165, 1.54) is 33.6 Å². The zero-order chi connectivity index (χ0) is 24.9. The Labute approximate surface area is 212 Å². The van der Waals surface area contributed by atoms with Gasteiger partial charge in [0.05, 0.1) is 36.1 Å². The summed E-state index contributed by atoms with van der Waals surface area (Å²) in [6.07, 6.45) is 1.83. The van der Waals surface area contributed by atoms with Crippen LogP contribution in [0.25, 0.3) is 0 Å². The highest BCUT2D eigenvalue weighted by atomic mass is 32.1. The second kappa shape index (κ2) is 11.2. The molecule has 0 aliphatic carbocycles. The van der Waals surface area contributed by atoms with Crippen LogP contribution in [0.5, 0.6) is 0 Å². The molecule has 188 valence electrons. The summed E-state index contributed by atoms with van der Waals surface area (Å²) in [4.78, 5) is 31.5. The fraction of sp³-hybridized carbons (Fsp3) is 0.346. The van der Waals surface area contributed by atoms with Gasteiger partial charge in [0.25, 0.3) is 11.8 Å². The Morgan fingerprint density at radius 1 is 1.11 bits per heavy atom. The van der Waals surface area contributed by atoms with Crippen molar-refractivity contribution in [1.29, 1.82) is 0 Å². The van der Waals surface area contributed by atoms with E-state index in [4.69, 9.17) is 9.15 Å². The lowest BCUT2D eigenvalue weighted by Gasteiger charge is -2.30. The Bertz CT molecular complexity index is 1210. The summed E-state index contributed by atoms with van der Waals surface area (Å²) in [7, 11) is 0. The van der Waals surface area contributed by atoms with Gasteiger partial charge in [-0.05, 0) is 29.6 Å². The molecule has 0 unspecified atom stereocenters. The number of amides is 2. The number of rotatable bonds is 8. The number of hydrazone groups is 1. The lowest BCUT2D eigenvalue weighted by atomic mass is 10.0. The van der Waals surface area contributed by atoms with Crippen LogP contribution in [-0.4, -0.2) is 78.3 Å². The maximum absolute atomic E-state index is 14.8. The predicted molar refractivity (Wildman–Crippen MR) is 133 cm³/mol. The van der Waals surface area contributed by atoms with Crippen LogP contribution in [0.2, 0.25) is 0 Å². The largest absolute Gasteiger partial charge is 0.459 e. The maximum Gasteiger partial charge on any atom is 0.290 e. The molecule has 1 fully saturated rings. The molecule has 3 aromatic rings. The third-order valence-electron chi connectivity index (χ3n) is 6.37. The molecule has 5 rings (SSSR count). The molecular formula is C26H27FN4O4S. The van der Waals surface area contributed by atoms with Crippen molar-refractivity contribution in [2.75, 3.05) is 45.9 Å². The number of carbonyl (C=O) groups is 2. The highest BCUT2D eigenvalue weighted by Gasteiger charge is 2.36. The molecule has 36 heavy (non-hydrogen) atoms. The fourth-order valence-corrected chi connectivity index (χ4v) is 5.17. The van der Waals surface area contributed by atoms with Gasteiger partial charge in [-0.3, -0.25) is 14.5 Å². The molecule has 10 heteroatoms. The average Bonchev–Trinajstić information content (AvgIpc) is 3.68. The number of ether oxygens (including phenoxy) is 1. The SMILES string of the molecule is O=C(c1ccco1)N(CCN1CCOCC1)CC(=O)N1N=C(c2cccs2)C[C@H]1c1ccccc1F. The number of morpholine rings is 1. The Balaban J connectivity index is 1.38. The molecule has 2 aromatic heterocycles. The minimum Gasteiger partial charge on any atom is -0.459 e. The summed E-state index contributed by atoms with van der Waals surface area (Å²) >= 11 is 1.52. The molecule has 2 amide bonds. The number of hydrogen-bond acceptors (Lipinski definition) is 7. The summed E-state index contributed by atoms with van der Waals surface area (Å²) in [6.45, 7) is 3.57. The molecule has 1 saturated heterocycles. The minimum atomic E-state index is -0.587. The maximum atomic E-state index is 14.8. The monoisotopic (exact) mass is 510 g/mol. The summed E-state index contributed by atoms with van der Waals surface area (Å²) in [5.41, 5.74) is 1.13. The Hall–Kier alpha value is -3.34. The number of benzene rings is 1. The average molecular weight is 511 g/mol. The van der Waals surface area contributed by atoms with Crippen LogP contribution in [0, 0.1) is 5.82 Å². The van der Waals surface area contributed by atoms with Gasteiger partial charge in [-0.25, -0.2) is 9.40 Å². The second-order valence-corrected chi connectivity index (χ2v) is 9.61. The number of nitrogens with zero attached hydrogens (tertiary/aromatic N) is 4. The molecule has 0 N–H and O–H groups in total. The van der Waals surface area contributed by atoms with Crippen LogP contribution < -0.4 is 0 Å². The van der Waals surface area contributed by atoms with Crippen molar-refractivity contribution in [3.05, 3.63) is 82.2 Å². The van der Waals surface area contributed by atoms with Gasteiger partial charge in [0.2, 0.25) is 0 Å². The van der Waals surface area contributed by atoms with Crippen LogP contribution in [0.1, 0.15) is 33.5 Å². The zero-order valence-corrected chi connectivity index (χ0v) is 20.5.